The molecule has 1 aromatic rings. The van der Waals surface area contributed by atoms with Gasteiger partial charge in [-0.1, -0.05) is 30.7 Å². The number of hydrogen-bond donors (Lipinski definition) is 0. The van der Waals surface area contributed by atoms with Gasteiger partial charge in [0.25, 0.3) is 0 Å². The van der Waals surface area contributed by atoms with Crippen LogP contribution in [0.3, 0.4) is 0 Å². The van der Waals surface area contributed by atoms with Gasteiger partial charge in [0.2, 0.25) is 0 Å². The number of rotatable bonds is 4. The van der Waals surface area contributed by atoms with E-state index in [0.717, 1.165) is 12.0 Å². The van der Waals surface area contributed by atoms with E-state index < -0.39 is 0 Å². The molecule has 1 nitrogen and oxygen atoms in total. The Morgan fingerprint density at radius 1 is 1.24 bits per heavy atom. The number of aryl methyl sites for hydroxylation is 2. The Balaban J connectivity index is 1.45. The smallest absolute Gasteiger partial charge is 0.0136 e. The molecule has 1 aromatic carbocycles. The lowest BCUT2D eigenvalue weighted by Gasteiger charge is -2.44. The largest absolute Gasteiger partial charge is 0.300 e. The molecule has 92 valence electrons. The van der Waals surface area contributed by atoms with Crippen LogP contribution in [0.25, 0.3) is 0 Å². The molecule has 0 N–H and O–H groups in total. The molecule has 0 spiro atoms. The Kier molecular flexibility index (Phi) is 3.19. The standard InChI is InChI=1S/C16H23N/c1-13-6-2-3-7-14(13)9-5-11-17-12-15-8-4-10-16(15)17/h2-3,6-7,15-16H,4-5,8-12H2,1H3/t15-,16-/m1/s1. The van der Waals surface area contributed by atoms with Crippen LogP contribution in [-0.4, -0.2) is 24.0 Å². The molecule has 0 amide bonds. The summed E-state index contributed by atoms with van der Waals surface area (Å²) in [5, 5.41) is 0. The van der Waals surface area contributed by atoms with Crippen LogP contribution in [0.5, 0.6) is 0 Å². The molecule has 3 rings (SSSR count). The molecular formula is C16H23N. The van der Waals surface area contributed by atoms with Gasteiger partial charge in [0.1, 0.15) is 0 Å². The highest BCUT2D eigenvalue weighted by atomic mass is 15.2. The van der Waals surface area contributed by atoms with Crippen LogP contribution in [0.1, 0.15) is 36.8 Å². The first kappa shape index (κ1) is 11.3. The molecule has 0 radical (unpaired) electrons. The first-order chi connectivity index (χ1) is 8.34. The molecule has 1 aliphatic heterocycles. The fourth-order valence-electron chi connectivity index (χ4n) is 3.63. The minimum absolute atomic E-state index is 0.965. The van der Waals surface area contributed by atoms with Crippen molar-refractivity contribution in [3.63, 3.8) is 0 Å². The zero-order chi connectivity index (χ0) is 11.7. The van der Waals surface area contributed by atoms with E-state index >= 15 is 0 Å². The summed E-state index contributed by atoms with van der Waals surface area (Å²) >= 11 is 0. The molecule has 0 aromatic heterocycles. The van der Waals surface area contributed by atoms with Gasteiger partial charge < -0.3 is 0 Å². The van der Waals surface area contributed by atoms with Crippen LogP contribution in [0.4, 0.5) is 0 Å². The molecule has 2 aliphatic rings. The van der Waals surface area contributed by atoms with Gasteiger partial charge in [-0.3, -0.25) is 4.90 Å². The Morgan fingerprint density at radius 3 is 2.94 bits per heavy atom. The highest BCUT2D eigenvalue weighted by molar-refractivity contribution is 5.25. The van der Waals surface area contributed by atoms with Crippen molar-refractivity contribution in [1.29, 1.82) is 0 Å². The van der Waals surface area contributed by atoms with Crippen molar-refractivity contribution >= 4 is 0 Å². The van der Waals surface area contributed by atoms with Crippen LogP contribution in [0.2, 0.25) is 0 Å². The van der Waals surface area contributed by atoms with E-state index in [1.54, 1.807) is 0 Å². The van der Waals surface area contributed by atoms with Gasteiger partial charge in [-0.2, -0.15) is 0 Å². The van der Waals surface area contributed by atoms with E-state index in [1.807, 2.05) is 0 Å². The van der Waals surface area contributed by atoms with Crippen molar-refractivity contribution in [3.8, 4) is 0 Å². The molecule has 1 heterocycles. The lowest BCUT2D eigenvalue weighted by Crippen LogP contribution is -2.53. The van der Waals surface area contributed by atoms with E-state index in [2.05, 4.69) is 36.1 Å². The van der Waals surface area contributed by atoms with Crippen LogP contribution in [0, 0.1) is 12.8 Å². The van der Waals surface area contributed by atoms with Crippen LogP contribution in [0.15, 0.2) is 24.3 Å². The molecule has 17 heavy (non-hydrogen) atoms. The van der Waals surface area contributed by atoms with Crippen molar-refractivity contribution in [2.75, 3.05) is 13.1 Å². The second-order valence-corrected chi connectivity index (χ2v) is 5.78. The highest BCUT2D eigenvalue weighted by Gasteiger charge is 2.40. The quantitative estimate of drug-likeness (QED) is 0.764. The third-order valence-electron chi connectivity index (χ3n) is 4.71. The third kappa shape index (κ3) is 2.26. The lowest BCUT2D eigenvalue weighted by atomic mass is 9.91. The summed E-state index contributed by atoms with van der Waals surface area (Å²) < 4.78 is 0. The topological polar surface area (TPSA) is 3.24 Å². The Morgan fingerprint density at radius 2 is 2.12 bits per heavy atom. The van der Waals surface area contributed by atoms with E-state index in [0.29, 0.717) is 0 Å². The maximum Gasteiger partial charge on any atom is 0.0136 e. The monoisotopic (exact) mass is 229 g/mol. The van der Waals surface area contributed by atoms with Crippen molar-refractivity contribution in [2.45, 2.75) is 45.1 Å². The molecule has 0 unspecified atom stereocenters. The van der Waals surface area contributed by atoms with E-state index in [4.69, 9.17) is 0 Å². The average Bonchev–Trinajstić information content (AvgIpc) is 2.68. The summed E-state index contributed by atoms with van der Waals surface area (Å²) in [6, 6.07) is 9.78. The summed E-state index contributed by atoms with van der Waals surface area (Å²) in [5.41, 5.74) is 2.99. The maximum atomic E-state index is 2.72. The van der Waals surface area contributed by atoms with Gasteiger partial charge in [0.05, 0.1) is 0 Å². The van der Waals surface area contributed by atoms with Gasteiger partial charge in [0.15, 0.2) is 0 Å². The molecule has 1 saturated heterocycles. The number of likely N-dealkylation sites (tertiary alicyclic amines) is 1. The number of benzene rings is 1. The number of fused-ring (bicyclic) bond motifs is 1. The fraction of sp³-hybridized carbons (Fsp3) is 0.625. The minimum Gasteiger partial charge on any atom is -0.300 e. The van der Waals surface area contributed by atoms with E-state index in [-0.39, 0.29) is 0 Å². The highest BCUT2D eigenvalue weighted by Crippen LogP contribution is 2.38. The second-order valence-electron chi connectivity index (χ2n) is 5.78. The summed E-state index contributed by atoms with van der Waals surface area (Å²) in [5.74, 6) is 1.06. The predicted octanol–water partition coefficient (Wildman–Crippen LogP) is 3.41. The zero-order valence-electron chi connectivity index (χ0n) is 10.9. The lowest BCUT2D eigenvalue weighted by molar-refractivity contribution is 0.0376. The molecular weight excluding hydrogens is 206 g/mol. The maximum absolute atomic E-state index is 2.72. The molecule has 2 fully saturated rings. The van der Waals surface area contributed by atoms with Gasteiger partial charge in [-0.25, -0.2) is 0 Å². The SMILES string of the molecule is Cc1ccccc1CCCN1C[C@H]2CCC[C@H]21. The summed E-state index contributed by atoms with van der Waals surface area (Å²) in [7, 11) is 0. The van der Waals surface area contributed by atoms with Crippen LogP contribution in [-0.2, 0) is 6.42 Å². The molecule has 1 heteroatoms. The van der Waals surface area contributed by atoms with Crippen LogP contribution >= 0.6 is 0 Å². The third-order valence-corrected chi connectivity index (χ3v) is 4.71. The average molecular weight is 229 g/mol. The van der Waals surface area contributed by atoms with Crippen molar-refractivity contribution in [2.24, 2.45) is 5.92 Å². The first-order valence-corrected chi connectivity index (χ1v) is 7.13. The van der Waals surface area contributed by atoms with E-state index in [1.165, 1.54) is 56.3 Å². The Hall–Kier alpha value is -0.820. The Labute approximate surface area is 105 Å². The van der Waals surface area contributed by atoms with Gasteiger partial charge in [-0.15, -0.1) is 0 Å². The molecule has 1 aliphatic carbocycles. The molecule has 0 bridgehead atoms. The normalized spacial score (nSPS) is 27.8. The van der Waals surface area contributed by atoms with E-state index in [9.17, 15) is 0 Å². The first-order valence-electron chi connectivity index (χ1n) is 7.13. The summed E-state index contributed by atoms with van der Waals surface area (Å²) in [4.78, 5) is 2.72. The van der Waals surface area contributed by atoms with Gasteiger partial charge in [0, 0.05) is 12.6 Å². The Bertz CT molecular complexity index is 385. The molecule has 1 saturated carbocycles. The van der Waals surface area contributed by atoms with Crippen LogP contribution < -0.4 is 0 Å². The summed E-state index contributed by atoms with van der Waals surface area (Å²) in [6.45, 7) is 4.93. The second kappa shape index (κ2) is 4.81. The van der Waals surface area contributed by atoms with Crippen molar-refractivity contribution in [3.05, 3.63) is 35.4 Å². The fourth-order valence-corrected chi connectivity index (χ4v) is 3.63. The van der Waals surface area contributed by atoms with Gasteiger partial charge >= 0.3 is 0 Å². The number of hydrogen-bond acceptors (Lipinski definition) is 1. The number of nitrogens with zero attached hydrogens (tertiary/aromatic N) is 1. The summed E-state index contributed by atoms with van der Waals surface area (Å²) in [6.07, 6.45) is 7.02. The zero-order valence-corrected chi connectivity index (χ0v) is 10.9. The minimum atomic E-state index is 0.965. The van der Waals surface area contributed by atoms with Crippen molar-refractivity contribution in [1.82, 2.24) is 4.90 Å². The molecule has 2 atom stereocenters. The van der Waals surface area contributed by atoms with Gasteiger partial charge in [-0.05, 0) is 56.2 Å². The van der Waals surface area contributed by atoms with Crippen molar-refractivity contribution < 1.29 is 0 Å². The predicted molar refractivity (Wildman–Crippen MR) is 72.2 cm³/mol.